The molecule has 0 amide bonds. The van der Waals surface area contributed by atoms with Crippen molar-refractivity contribution in [1.82, 2.24) is 19.5 Å². The van der Waals surface area contributed by atoms with E-state index in [0.29, 0.717) is 17.6 Å². The average Bonchev–Trinajstić information content (AvgIpc) is 3.51. The molecule has 0 unspecified atom stereocenters. The van der Waals surface area contributed by atoms with Crippen molar-refractivity contribution in [1.29, 1.82) is 0 Å². The van der Waals surface area contributed by atoms with Crippen LogP contribution in [0.15, 0.2) is 170 Å². The Morgan fingerprint density at radius 1 is 0.327 bits per heavy atom. The average molecular weight is 625 g/mol. The van der Waals surface area contributed by atoms with E-state index in [1.54, 1.807) is 0 Å². The Morgan fingerprint density at radius 2 is 0.959 bits per heavy atom. The van der Waals surface area contributed by atoms with Crippen LogP contribution >= 0.6 is 0 Å². The lowest BCUT2D eigenvalue weighted by Crippen LogP contribution is -2.06. The molecule has 0 spiro atoms. The summed E-state index contributed by atoms with van der Waals surface area (Å²) in [7, 11) is 0. The van der Waals surface area contributed by atoms with Gasteiger partial charge in [0.15, 0.2) is 11.6 Å². The van der Waals surface area contributed by atoms with Crippen molar-refractivity contribution in [3.05, 3.63) is 170 Å². The van der Waals surface area contributed by atoms with Gasteiger partial charge in [-0.1, -0.05) is 140 Å². The predicted molar refractivity (Wildman–Crippen MR) is 203 cm³/mol. The number of fused-ring (bicyclic) bond motifs is 7. The van der Waals surface area contributed by atoms with Gasteiger partial charge in [0.05, 0.1) is 11.0 Å². The van der Waals surface area contributed by atoms with Crippen LogP contribution in [0, 0.1) is 0 Å². The van der Waals surface area contributed by atoms with Gasteiger partial charge in [-0.2, -0.15) is 9.97 Å². The summed E-state index contributed by atoms with van der Waals surface area (Å²) in [5.74, 6) is 1.86. The lowest BCUT2D eigenvalue weighted by molar-refractivity contribution is 0.954. The fraction of sp³-hybridized carbons (Fsp3) is 0. The monoisotopic (exact) mass is 624 g/mol. The van der Waals surface area contributed by atoms with E-state index in [0.717, 1.165) is 49.1 Å². The molecule has 0 aliphatic rings. The Labute approximate surface area is 282 Å². The maximum Gasteiger partial charge on any atom is 0.238 e. The van der Waals surface area contributed by atoms with Crippen LogP contribution in [0.4, 0.5) is 0 Å². The minimum Gasteiger partial charge on any atom is -0.278 e. The highest BCUT2D eigenvalue weighted by atomic mass is 15.2. The van der Waals surface area contributed by atoms with Crippen LogP contribution in [-0.4, -0.2) is 19.5 Å². The minimum absolute atomic E-state index is 0.587. The second-order valence-corrected chi connectivity index (χ2v) is 12.5. The van der Waals surface area contributed by atoms with E-state index < -0.39 is 0 Å². The van der Waals surface area contributed by atoms with E-state index in [2.05, 4.69) is 174 Å². The third-order valence-electron chi connectivity index (χ3n) is 9.62. The van der Waals surface area contributed by atoms with Crippen molar-refractivity contribution in [3.8, 4) is 39.9 Å². The van der Waals surface area contributed by atoms with Gasteiger partial charge in [0, 0.05) is 21.9 Å². The summed E-state index contributed by atoms with van der Waals surface area (Å²) in [6.45, 7) is 0. The Morgan fingerprint density at radius 3 is 1.82 bits per heavy atom. The molecule has 10 rings (SSSR count). The Hall–Kier alpha value is -6.65. The molecule has 0 aliphatic heterocycles. The van der Waals surface area contributed by atoms with E-state index in [4.69, 9.17) is 15.0 Å². The maximum absolute atomic E-state index is 5.31. The van der Waals surface area contributed by atoms with Gasteiger partial charge in [0.1, 0.15) is 0 Å². The van der Waals surface area contributed by atoms with E-state index in [-0.39, 0.29) is 0 Å². The second-order valence-electron chi connectivity index (χ2n) is 12.5. The molecule has 4 heteroatoms. The van der Waals surface area contributed by atoms with Gasteiger partial charge < -0.3 is 0 Å². The van der Waals surface area contributed by atoms with Crippen molar-refractivity contribution in [2.24, 2.45) is 0 Å². The molecule has 0 aliphatic carbocycles. The molecule has 4 nitrogen and oxygen atoms in total. The predicted octanol–water partition coefficient (Wildman–Crippen LogP) is 11.4. The number of para-hydroxylation sites is 1. The van der Waals surface area contributed by atoms with Crippen molar-refractivity contribution < 1.29 is 0 Å². The lowest BCUT2D eigenvalue weighted by Gasteiger charge is -2.14. The first kappa shape index (κ1) is 27.5. The van der Waals surface area contributed by atoms with Gasteiger partial charge in [-0.15, -0.1) is 0 Å². The fourth-order valence-corrected chi connectivity index (χ4v) is 7.28. The highest BCUT2D eigenvalue weighted by molar-refractivity contribution is 6.13. The normalized spacial score (nSPS) is 11.7. The van der Waals surface area contributed by atoms with Crippen molar-refractivity contribution >= 4 is 54.1 Å². The molecule has 49 heavy (non-hydrogen) atoms. The molecule has 0 atom stereocenters. The number of rotatable bonds is 4. The van der Waals surface area contributed by atoms with Crippen LogP contribution in [0.1, 0.15) is 0 Å². The van der Waals surface area contributed by atoms with Crippen LogP contribution in [-0.2, 0) is 0 Å². The first-order chi connectivity index (χ1) is 24.3. The quantitative estimate of drug-likeness (QED) is 0.183. The third kappa shape index (κ3) is 4.49. The molecule has 2 aromatic heterocycles. The molecule has 228 valence electrons. The van der Waals surface area contributed by atoms with Gasteiger partial charge >= 0.3 is 0 Å². The van der Waals surface area contributed by atoms with Crippen LogP contribution in [0.3, 0.4) is 0 Å². The number of hydrogen-bond acceptors (Lipinski definition) is 3. The summed E-state index contributed by atoms with van der Waals surface area (Å²) in [6, 6.07) is 59.8. The lowest BCUT2D eigenvalue weighted by atomic mass is 9.97. The van der Waals surface area contributed by atoms with Gasteiger partial charge in [-0.3, -0.25) is 4.57 Å². The van der Waals surface area contributed by atoms with E-state index >= 15 is 0 Å². The zero-order chi connectivity index (χ0) is 32.3. The van der Waals surface area contributed by atoms with Crippen molar-refractivity contribution in [2.75, 3.05) is 0 Å². The summed E-state index contributed by atoms with van der Waals surface area (Å²) < 4.78 is 2.19. The van der Waals surface area contributed by atoms with Gasteiger partial charge in [-0.25, -0.2) is 4.98 Å². The smallest absolute Gasteiger partial charge is 0.238 e. The van der Waals surface area contributed by atoms with E-state index in [1.165, 1.54) is 27.3 Å². The van der Waals surface area contributed by atoms with Crippen LogP contribution in [0.25, 0.3) is 94.0 Å². The highest BCUT2D eigenvalue weighted by Gasteiger charge is 2.20. The number of hydrogen-bond donors (Lipinski definition) is 0. The molecule has 2 heterocycles. The molecule has 0 saturated heterocycles. The second kappa shape index (κ2) is 11.0. The summed E-state index contributed by atoms with van der Waals surface area (Å²) in [4.78, 5) is 15.8. The molecule has 0 bridgehead atoms. The minimum atomic E-state index is 0.587. The fourth-order valence-electron chi connectivity index (χ4n) is 7.28. The molecule has 0 saturated carbocycles. The number of benzene rings is 8. The summed E-state index contributed by atoms with van der Waals surface area (Å²) in [6.07, 6.45) is 0. The van der Waals surface area contributed by atoms with Crippen molar-refractivity contribution in [2.45, 2.75) is 0 Å². The molecule has 10 aromatic rings. The van der Waals surface area contributed by atoms with E-state index in [9.17, 15) is 0 Å². The molecule has 0 N–H and O–H groups in total. The van der Waals surface area contributed by atoms with Crippen molar-refractivity contribution in [3.63, 3.8) is 0 Å². The molecule has 8 aromatic carbocycles. The SMILES string of the molecule is c1ccc(-c2ccc3c(c2)c2ccccc2n3-c2nc(-c3ccc4ccccc4c3)nc(-c3cc4ccccc4c4ccccc34)n2)cc1. The standard InChI is InChI=1S/C45H28N4/c1-2-12-29(13-3-1)32-24-25-42-39(27-32)38-20-10-11-21-41(38)49(42)45-47-43(34-23-22-30-14-4-5-15-31(30)26-34)46-44(48-45)40-28-33-16-6-7-17-35(33)36-18-8-9-19-37(36)40/h1-28H. The van der Waals surface area contributed by atoms with Gasteiger partial charge in [0.2, 0.25) is 5.95 Å². The Bertz CT molecular complexity index is 2890. The maximum atomic E-state index is 5.31. The molecule has 0 radical (unpaired) electrons. The summed E-state index contributed by atoms with van der Waals surface area (Å²) in [5, 5.41) is 9.27. The van der Waals surface area contributed by atoms with Crippen LogP contribution in [0.5, 0.6) is 0 Å². The highest BCUT2D eigenvalue weighted by Crippen LogP contribution is 2.37. The van der Waals surface area contributed by atoms with Crippen LogP contribution in [0.2, 0.25) is 0 Å². The van der Waals surface area contributed by atoms with E-state index in [1.807, 2.05) is 0 Å². The topological polar surface area (TPSA) is 43.6 Å². The largest absolute Gasteiger partial charge is 0.278 e. The first-order valence-electron chi connectivity index (χ1n) is 16.5. The van der Waals surface area contributed by atoms with Crippen LogP contribution < -0.4 is 0 Å². The summed E-state index contributed by atoms with van der Waals surface area (Å²) in [5.41, 5.74) is 6.38. The molecule has 0 fully saturated rings. The summed E-state index contributed by atoms with van der Waals surface area (Å²) >= 11 is 0. The number of aromatic nitrogens is 4. The molecular formula is C45H28N4. The third-order valence-corrected chi connectivity index (χ3v) is 9.62. The molecular weight excluding hydrogens is 597 g/mol. The zero-order valence-electron chi connectivity index (χ0n) is 26.5. The zero-order valence-corrected chi connectivity index (χ0v) is 26.5. The Kier molecular flexibility index (Phi) is 6.15. The number of nitrogens with zero attached hydrogens (tertiary/aromatic N) is 4. The Balaban J connectivity index is 1.28. The van der Waals surface area contributed by atoms with Gasteiger partial charge in [-0.05, 0) is 73.8 Å². The van der Waals surface area contributed by atoms with Gasteiger partial charge in [0.25, 0.3) is 0 Å². The first-order valence-corrected chi connectivity index (χ1v) is 16.5.